The van der Waals surface area contributed by atoms with E-state index in [0.29, 0.717) is 18.4 Å². The predicted molar refractivity (Wildman–Crippen MR) is 79.3 cm³/mol. The molecule has 1 unspecified atom stereocenters. The Morgan fingerprint density at radius 3 is 2.80 bits per heavy atom. The molecular formula is C13H19ClN4O2. The summed E-state index contributed by atoms with van der Waals surface area (Å²) in [5.74, 6) is 0.452. The SMILES string of the molecule is CC(CNc1cc([N+](=O)[O-])cc(Cl)n1)N1CCCCC1. The molecule has 1 aliphatic rings. The monoisotopic (exact) mass is 298 g/mol. The number of halogens is 1. The van der Waals surface area contributed by atoms with Crippen molar-refractivity contribution in [2.75, 3.05) is 25.0 Å². The molecule has 0 aliphatic carbocycles. The zero-order chi connectivity index (χ0) is 14.5. The molecule has 7 heteroatoms. The summed E-state index contributed by atoms with van der Waals surface area (Å²) in [5, 5.41) is 14.0. The van der Waals surface area contributed by atoms with Crippen molar-refractivity contribution in [3.05, 3.63) is 27.4 Å². The van der Waals surface area contributed by atoms with E-state index in [1.165, 1.54) is 31.4 Å². The van der Waals surface area contributed by atoms with E-state index in [1.54, 1.807) is 0 Å². The van der Waals surface area contributed by atoms with Gasteiger partial charge in [0.05, 0.1) is 17.1 Å². The van der Waals surface area contributed by atoms with E-state index in [1.807, 2.05) is 0 Å². The Morgan fingerprint density at radius 1 is 1.45 bits per heavy atom. The summed E-state index contributed by atoms with van der Waals surface area (Å²) in [6.07, 6.45) is 3.79. The van der Waals surface area contributed by atoms with Crippen LogP contribution in [-0.4, -0.2) is 40.5 Å². The van der Waals surface area contributed by atoms with Crippen LogP contribution in [-0.2, 0) is 0 Å². The molecule has 2 heterocycles. The van der Waals surface area contributed by atoms with Crippen molar-refractivity contribution >= 4 is 23.1 Å². The summed E-state index contributed by atoms with van der Waals surface area (Å²) in [6, 6.07) is 3.03. The second-order valence-corrected chi connectivity index (χ2v) is 5.50. The third-order valence-corrected chi connectivity index (χ3v) is 3.78. The van der Waals surface area contributed by atoms with Crippen LogP contribution in [0.25, 0.3) is 0 Å². The number of anilines is 1. The third kappa shape index (κ3) is 4.05. The number of likely N-dealkylation sites (tertiary alicyclic amines) is 1. The minimum atomic E-state index is -0.465. The molecule has 110 valence electrons. The summed E-state index contributed by atoms with van der Waals surface area (Å²) < 4.78 is 0. The number of pyridine rings is 1. The molecule has 1 aromatic heterocycles. The first-order chi connectivity index (χ1) is 9.56. The van der Waals surface area contributed by atoms with Crippen LogP contribution >= 0.6 is 11.6 Å². The van der Waals surface area contributed by atoms with Crippen molar-refractivity contribution in [2.45, 2.75) is 32.2 Å². The second kappa shape index (κ2) is 6.85. The van der Waals surface area contributed by atoms with Crippen molar-refractivity contribution in [3.8, 4) is 0 Å². The fraction of sp³-hybridized carbons (Fsp3) is 0.615. The highest BCUT2D eigenvalue weighted by molar-refractivity contribution is 6.29. The highest BCUT2D eigenvalue weighted by atomic mass is 35.5. The van der Waals surface area contributed by atoms with Gasteiger partial charge in [0.2, 0.25) is 0 Å². The molecule has 20 heavy (non-hydrogen) atoms. The molecule has 1 fully saturated rings. The molecule has 0 aromatic carbocycles. The maximum atomic E-state index is 10.8. The zero-order valence-electron chi connectivity index (χ0n) is 11.5. The smallest absolute Gasteiger partial charge is 0.276 e. The number of rotatable bonds is 5. The normalized spacial score (nSPS) is 17.7. The van der Waals surface area contributed by atoms with Crippen LogP contribution in [0.15, 0.2) is 12.1 Å². The summed E-state index contributed by atoms with van der Waals surface area (Å²) in [5.41, 5.74) is -0.0434. The van der Waals surface area contributed by atoms with Gasteiger partial charge in [0, 0.05) is 12.6 Å². The highest BCUT2D eigenvalue weighted by Crippen LogP contribution is 2.21. The van der Waals surface area contributed by atoms with E-state index in [2.05, 4.69) is 22.1 Å². The maximum Gasteiger partial charge on any atom is 0.276 e. The summed E-state index contributed by atoms with van der Waals surface area (Å²) in [7, 11) is 0. The van der Waals surface area contributed by atoms with E-state index in [0.717, 1.165) is 13.1 Å². The second-order valence-electron chi connectivity index (χ2n) is 5.12. The van der Waals surface area contributed by atoms with Gasteiger partial charge in [0.25, 0.3) is 5.69 Å². The van der Waals surface area contributed by atoms with E-state index in [-0.39, 0.29) is 10.8 Å². The van der Waals surface area contributed by atoms with Gasteiger partial charge in [-0.15, -0.1) is 0 Å². The standard InChI is InChI=1S/C13H19ClN4O2/c1-10(17-5-3-2-4-6-17)9-15-13-8-11(18(19)20)7-12(14)16-13/h7-8,10H,2-6,9H2,1H3,(H,15,16). The van der Waals surface area contributed by atoms with Gasteiger partial charge >= 0.3 is 0 Å². The fourth-order valence-corrected chi connectivity index (χ4v) is 2.62. The number of nitrogens with one attached hydrogen (secondary N) is 1. The third-order valence-electron chi connectivity index (χ3n) is 3.58. The zero-order valence-corrected chi connectivity index (χ0v) is 12.3. The number of piperidine rings is 1. The van der Waals surface area contributed by atoms with Crippen LogP contribution in [0, 0.1) is 10.1 Å². The van der Waals surface area contributed by atoms with Gasteiger partial charge in [-0.3, -0.25) is 15.0 Å². The van der Waals surface area contributed by atoms with E-state index in [4.69, 9.17) is 11.6 Å². The Kier molecular flexibility index (Phi) is 5.14. The van der Waals surface area contributed by atoms with Crippen molar-refractivity contribution in [2.24, 2.45) is 0 Å². The van der Waals surface area contributed by atoms with Gasteiger partial charge in [0.15, 0.2) is 0 Å². The number of nitrogens with zero attached hydrogens (tertiary/aromatic N) is 3. The molecule has 0 radical (unpaired) electrons. The first-order valence-corrected chi connectivity index (χ1v) is 7.24. The van der Waals surface area contributed by atoms with E-state index in [9.17, 15) is 10.1 Å². The number of aromatic nitrogens is 1. The molecule has 1 aliphatic heterocycles. The summed E-state index contributed by atoms with van der Waals surface area (Å²) in [6.45, 7) is 5.08. The molecule has 0 bridgehead atoms. The van der Waals surface area contributed by atoms with Crippen LogP contribution in [0.4, 0.5) is 11.5 Å². The lowest BCUT2D eigenvalue weighted by molar-refractivity contribution is -0.384. The van der Waals surface area contributed by atoms with Crippen LogP contribution in [0.1, 0.15) is 26.2 Å². The molecule has 1 aromatic rings. The van der Waals surface area contributed by atoms with Gasteiger partial charge in [0.1, 0.15) is 11.0 Å². The molecule has 0 spiro atoms. The molecule has 0 saturated carbocycles. The molecule has 6 nitrogen and oxygen atoms in total. The maximum absolute atomic E-state index is 10.8. The van der Waals surface area contributed by atoms with E-state index >= 15 is 0 Å². The average molecular weight is 299 g/mol. The predicted octanol–water partition coefficient (Wildman–Crippen LogP) is 2.93. The Labute approximate surface area is 123 Å². The molecule has 2 rings (SSSR count). The van der Waals surface area contributed by atoms with Crippen LogP contribution < -0.4 is 5.32 Å². The van der Waals surface area contributed by atoms with Gasteiger partial charge in [-0.1, -0.05) is 18.0 Å². The van der Waals surface area contributed by atoms with Crippen molar-refractivity contribution < 1.29 is 4.92 Å². The Bertz CT molecular complexity index is 477. The Balaban J connectivity index is 1.94. The summed E-state index contributed by atoms with van der Waals surface area (Å²) >= 11 is 5.79. The first-order valence-electron chi connectivity index (χ1n) is 6.86. The minimum Gasteiger partial charge on any atom is -0.368 e. The van der Waals surface area contributed by atoms with Gasteiger partial charge < -0.3 is 5.32 Å². The van der Waals surface area contributed by atoms with Crippen molar-refractivity contribution in [1.29, 1.82) is 0 Å². The fourth-order valence-electron chi connectivity index (χ4n) is 2.42. The minimum absolute atomic E-state index is 0.0434. The van der Waals surface area contributed by atoms with Crippen LogP contribution in [0.5, 0.6) is 0 Å². The highest BCUT2D eigenvalue weighted by Gasteiger charge is 2.17. The van der Waals surface area contributed by atoms with Crippen molar-refractivity contribution in [1.82, 2.24) is 9.88 Å². The lowest BCUT2D eigenvalue weighted by atomic mass is 10.1. The van der Waals surface area contributed by atoms with Crippen LogP contribution in [0.2, 0.25) is 5.15 Å². The van der Waals surface area contributed by atoms with Crippen molar-refractivity contribution in [3.63, 3.8) is 0 Å². The van der Waals surface area contributed by atoms with Crippen LogP contribution in [0.3, 0.4) is 0 Å². The molecule has 1 saturated heterocycles. The Hall–Kier alpha value is -1.40. The topological polar surface area (TPSA) is 71.3 Å². The Morgan fingerprint density at radius 2 is 2.15 bits per heavy atom. The van der Waals surface area contributed by atoms with E-state index < -0.39 is 4.92 Å². The molecule has 1 N–H and O–H groups in total. The summed E-state index contributed by atoms with van der Waals surface area (Å²) in [4.78, 5) is 16.8. The van der Waals surface area contributed by atoms with Gasteiger partial charge in [-0.2, -0.15) is 0 Å². The lowest BCUT2D eigenvalue weighted by Gasteiger charge is -2.32. The number of hydrogen-bond donors (Lipinski definition) is 1. The molecule has 0 amide bonds. The quantitative estimate of drug-likeness (QED) is 0.514. The lowest BCUT2D eigenvalue weighted by Crippen LogP contribution is -2.41. The van der Waals surface area contributed by atoms with Gasteiger partial charge in [-0.25, -0.2) is 4.98 Å². The largest absolute Gasteiger partial charge is 0.368 e. The molecular weight excluding hydrogens is 280 g/mol. The number of nitro groups is 1. The number of hydrogen-bond acceptors (Lipinski definition) is 5. The first kappa shape index (κ1) is 15.0. The molecule has 1 atom stereocenters. The van der Waals surface area contributed by atoms with Gasteiger partial charge in [-0.05, 0) is 32.9 Å². The average Bonchev–Trinajstić information content (AvgIpc) is 2.45.